The number of fused-ring (bicyclic) bond motifs is 1. The second kappa shape index (κ2) is 5.92. The molecule has 0 saturated heterocycles. The van der Waals surface area contributed by atoms with Crippen LogP contribution in [0.4, 0.5) is 10.2 Å². The highest BCUT2D eigenvalue weighted by atomic mass is 32.1. The maximum atomic E-state index is 13.8. The normalized spacial score (nSPS) is 11.2. The average molecular weight is 356 g/mol. The van der Waals surface area contributed by atoms with Crippen LogP contribution in [-0.4, -0.2) is 15.0 Å². The molecular weight excluding hydrogens is 343 g/mol. The summed E-state index contributed by atoms with van der Waals surface area (Å²) in [6, 6.07) is 8.73. The van der Waals surface area contributed by atoms with Crippen molar-refractivity contribution >= 4 is 38.7 Å². The van der Waals surface area contributed by atoms with E-state index < -0.39 is 0 Å². The Kier molecular flexibility index (Phi) is 3.74. The van der Waals surface area contributed by atoms with Gasteiger partial charge in [0.1, 0.15) is 16.5 Å². The van der Waals surface area contributed by atoms with E-state index in [0.29, 0.717) is 23.6 Å². The number of hydrogen-bond donors (Lipinski definition) is 1. The van der Waals surface area contributed by atoms with Crippen LogP contribution in [0.1, 0.15) is 16.1 Å². The van der Waals surface area contributed by atoms with E-state index >= 15 is 0 Å². The summed E-state index contributed by atoms with van der Waals surface area (Å²) in [4.78, 5) is 15.2. The molecule has 4 rings (SSSR count). The van der Waals surface area contributed by atoms with E-state index in [1.807, 2.05) is 24.4 Å². The zero-order valence-corrected chi connectivity index (χ0v) is 14.4. The molecule has 120 valence electrons. The standard InChI is InChI=1S/C17H13FN4S2/c1-9-8-23-17(20-9)15-21-14(19)12-7-11(24-16(12)22-15)6-10-4-2-3-5-13(10)18/h2-5,7-8H,6H2,1H3,(H2,19,21,22). The van der Waals surface area contributed by atoms with E-state index in [-0.39, 0.29) is 5.82 Å². The summed E-state index contributed by atoms with van der Waals surface area (Å²) in [5.41, 5.74) is 7.69. The molecule has 0 unspecified atom stereocenters. The van der Waals surface area contributed by atoms with Crippen molar-refractivity contribution in [2.45, 2.75) is 13.3 Å². The van der Waals surface area contributed by atoms with Crippen LogP contribution in [0.15, 0.2) is 35.7 Å². The maximum Gasteiger partial charge on any atom is 0.192 e. The molecule has 7 heteroatoms. The number of hydrogen-bond acceptors (Lipinski definition) is 6. The van der Waals surface area contributed by atoms with Gasteiger partial charge in [-0.15, -0.1) is 22.7 Å². The number of rotatable bonds is 3. The maximum absolute atomic E-state index is 13.8. The first-order valence-electron chi connectivity index (χ1n) is 7.32. The Morgan fingerprint density at radius 1 is 1.17 bits per heavy atom. The van der Waals surface area contributed by atoms with E-state index in [4.69, 9.17) is 5.73 Å². The molecule has 0 fully saturated rings. The number of anilines is 1. The third-order valence-electron chi connectivity index (χ3n) is 3.61. The van der Waals surface area contributed by atoms with Gasteiger partial charge in [-0.05, 0) is 24.6 Å². The van der Waals surface area contributed by atoms with Crippen LogP contribution in [0.3, 0.4) is 0 Å². The Labute approximate surface area is 145 Å². The lowest BCUT2D eigenvalue weighted by atomic mass is 10.1. The second-order valence-corrected chi connectivity index (χ2v) is 7.40. The van der Waals surface area contributed by atoms with Gasteiger partial charge in [-0.1, -0.05) is 18.2 Å². The lowest BCUT2D eigenvalue weighted by molar-refractivity contribution is 0.614. The van der Waals surface area contributed by atoms with Crippen LogP contribution in [-0.2, 0) is 6.42 Å². The van der Waals surface area contributed by atoms with Gasteiger partial charge < -0.3 is 5.73 Å². The number of thiophene rings is 1. The van der Waals surface area contributed by atoms with Gasteiger partial charge in [-0.2, -0.15) is 0 Å². The van der Waals surface area contributed by atoms with Crippen molar-refractivity contribution in [3.63, 3.8) is 0 Å². The first kappa shape index (κ1) is 15.2. The summed E-state index contributed by atoms with van der Waals surface area (Å²) in [5, 5.41) is 3.52. The number of nitrogens with two attached hydrogens (primary N) is 1. The van der Waals surface area contributed by atoms with Crippen molar-refractivity contribution in [2.75, 3.05) is 5.73 Å². The third kappa shape index (κ3) is 2.76. The molecular formula is C17H13FN4S2. The summed E-state index contributed by atoms with van der Waals surface area (Å²) < 4.78 is 13.8. The Balaban J connectivity index is 1.75. The number of benzene rings is 1. The fraction of sp³-hybridized carbons (Fsp3) is 0.118. The molecule has 4 aromatic rings. The highest BCUT2D eigenvalue weighted by Crippen LogP contribution is 2.32. The van der Waals surface area contributed by atoms with Crippen molar-refractivity contribution in [2.24, 2.45) is 0 Å². The molecule has 0 aliphatic heterocycles. The molecule has 0 aliphatic carbocycles. The number of halogens is 1. The number of aryl methyl sites for hydroxylation is 1. The highest BCUT2D eigenvalue weighted by molar-refractivity contribution is 7.18. The minimum atomic E-state index is -0.201. The van der Waals surface area contributed by atoms with E-state index in [9.17, 15) is 4.39 Å². The molecule has 0 amide bonds. The van der Waals surface area contributed by atoms with Gasteiger partial charge >= 0.3 is 0 Å². The first-order chi connectivity index (χ1) is 11.6. The predicted octanol–water partition coefficient (Wildman–Crippen LogP) is 4.44. The van der Waals surface area contributed by atoms with Crippen molar-refractivity contribution in [1.29, 1.82) is 0 Å². The minimum Gasteiger partial charge on any atom is -0.383 e. The predicted molar refractivity (Wildman–Crippen MR) is 96.9 cm³/mol. The molecule has 0 atom stereocenters. The lowest BCUT2D eigenvalue weighted by Crippen LogP contribution is -1.95. The molecule has 3 heterocycles. The van der Waals surface area contributed by atoms with Gasteiger partial charge in [0.15, 0.2) is 10.8 Å². The Bertz CT molecular complexity index is 1040. The smallest absolute Gasteiger partial charge is 0.192 e. The lowest BCUT2D eigenvalue weighted by Gasteiger charge is -1.99. The fourth-order valence-corrected chi connectivity index (χ4v) is 4.25. The average Bonchev–Trinajstić information content (AvgIpc) is 3.16. The molecule has 0 radical (unpaired) electrons. The van der Waals surface area contributed by atoms with E-state index in [0.717, 1.165) is 25.8 Å². The third-order valence-corrected chi connectivity index (χ3v) is 5.59. The fourth-order valence-electron chi connectivity index (χ4n) is 2.46. The Morgan fingerprint density at radius 3 is 2.75 bits per heavy atom. The van der Waals surface area contributed by atoms with Gasteiger partial charge in [0.25, 0.3) is 0 Å². The topological polar surface area (TPSA) is 64.7 Å². The summed E-state index contributed by atoms with van der Waals surface area (Å²) in [7, 11) is 0. The van der Waals surface area contributed by atoms with Crippen molar-refractivity contribution in [3.8, 4) is 10.8 Å². The van der Waals surface area contributed by atoms with Crippen LogP contribution in [0.25, 0.3) is 21.0 Å². The van der Waals surface area contributed by atoms with Gasteiger partial charge in [0.05, 0.1) is 5.39 Å². The van der Waals surface area contributed by atoms with Crippen LogP contribution in [0.2, 0.25) is 0 Å². The quantitative estimate of drug-likeness (QED) is 0.589. The van der Waals surface area contributed by atoms with Crippen molar-refractivity contribution in [3.05, 3.63) is 57.7 Å². The van der Waals surface area contributed by atoms with Crippen molar-refractivity contribution < 1.29 is 4.39 Å². The number of nitrogens with zero attached hydrogens (tertiary/aromatic N) is 3. The Morgan fingerprint density at radius 2 is 2.00 bits per heavy atom. The van der Waals surface area contributed by atoms with Crippen LogP contribution in [0.5, 0.6) is 0 Å². The summed E-state index contributed by atoms with van der Waals surface area (Å²) in [5.74, 6) is 0.768. The molecule has 4 nitrogen and oxygen atoms in total. The van der Waals surface area contributed by atoms with Gasteiger partial charge in [0.2, 0.25) is 0 Å². The SMILES string of the molecule is Cc1csc(-c2nc(N)c3cc(Cc4ccccc4F)sc3n2)n1. The van der Waals surface area contributed by atoms with Crippen molar-refractivity contribution in [1.82, 2.24) is 15.0 Å². The van der Waals surface area contributed by atoms with E-state index in [1.165, 1.54) is 28.7 Å². The van der Waals surface area contributed by atoms with Crippen LogP contribution >= 0.6 is 22.7 Å². The molecule has 0 saturated carbocycles. The van der Waals surface area contributed by atoms with E-state index in [1.54, 1.807) is 12.1 Å². The molecule has 24 heavy (non-hydrogen) atoms. The molecule has 0 spiro atoms. The number of thiazole rings is 1. The van der Waals surface area contributed by atoms with E-state index in [2.05, 4.69) is 15.0 Å². The summed E-state index contributed by atoms with van der Waals surface area (Å²) in [6.07, 6.45) is 0.513. The largest absolute Gasteiger partial charge is 0.383 e. The first-order valence-corrected chi connectivity index (χ1v) is 9.01. The summed E-state index contributed by atoms with van der Waals surface area (Å²) >= 11 is 3.00. The zero-order valence-electron chi connectivity index (χ0n) is 12.8. The molecule has 1 aromatic carbocycles. The summed E-state index contributed by atoms with van der Waals surface area (Å²) in [6.45, 7) is 1.93. The molecule has 0 bridgehead atoms. The minimum absolute atomic E-state index is 0.201. The monoisotopic (exact) mass is 356 g/mol. The zero-order chi connectivity index (χ0) is 16.7. The number of aromatic nitrogens is 3. The van der Waals surface area contributed by atoms with Crippen LogP contribution in [0, 0.1) is 12.7 Å². The van der Waals surface area contributed by atoms with Crippen LogP contribution < -0.4 is 5.73 Å². The van der Waals surface area contributed by atoms with Gasteiger partial charge in [-0.3, -0.25) is 0 Å². The molecule has 3 aromatic heterocycles. The Hall–Kier alpha value is -2.38. The highest BCUT2D eigenvalue weighted by Gasteiger charge is 2.14. The molecule has 2 N–H and O–H groups in total. The number of nitrogen functional groups attached to an aromatic ring is 1. The van der Waals surface area contributed by atoms with Gasteiger partial charge in [0, 0.05) is 22.4 Å². The van der Waals surface area contributed by atoms with Gasteiger partial charge in [-0.25, -0.2) is 19.3 Å². The second-order valence-electron chi connectivity index (χ2n) is 5.43. The molecule has 0 aliphatic rings.